The zero-order valence-electron chi connectivity index (χ0n) is 8.75. The predicted molar refractivity (Wildman–Crippen MR) is 49.8 cm³/mol. The molecule has 1 aromatic rings. The highest BCUT2D eigenvalue weighted by molar-refractivity contribution is 5.95. The number of nitrogens with zero attached hydrogens (tertiary/aromatic N) is 1. The lowest BCUT2D eigenvalue weighted by Crippen LogP contribution is -2.23. The van der Waals surface area contributed by atoms with E-state index in [1.807, 2.05) is 13.8 Å². The van der Waals surface area contributed by atoms with Crippen LogP contribution in [0.15, 0.2) is 4.52 Å². The first-order chi connectivity index (χ1) is 6.57. The topological polar surface area (TPSA) is 64.4 Å². The Morgan fingerprint density at radius 1 is 1.57 bits per heavy atom. The first-order valence-corrected chi connectivity index (χ1v) is 4.37. The van der Waals surface area contributed by atoms with Crippen LogP contribution in [0.3, 0.4) is 0 Å². The van der Waals surface area contributed by atoms with Crippen LogP contribution in [0.1, 0.15) is 41.6 Å². The average molecular weight is 198 g/mol. The Morgan fingerprint density at radius 3 is 2.71 bits per heavy atom. The highest BCUT2D eigenvalue weighted by Crippen LogP contribution is 2.21. The van der Waals surface area contributed by atoms with Gasteiger partial charge in [0, 0.05) is 5.92 Å². The molecule has 5 heteroatoms. The van der Waals surface area contributed by atoms with Gasteiger partial charge < -0.3 is 4.52 Å². The van der Waals surface area contributed by atoms with Crippen LogP contribution < -0.4 is 5.48 Å². The van der Waals surface area contributed by atoms with Crippen molar-refractivity contribution in [2.45, 2.75) is 26.7 Å². The maximum atomic E-state index is 11.5. The second-order valence-electron chi connectivity index (χ2n) is 3.30. The van der Waals surface area contributed by atoms with Gasteiger partial charge in [-0.25, -0.2) is 5.48 Å². The molecule has 1 aromatic heterocycles. The van der Waals surface area contributed by atoms with Crippen LogP contribution in [0, 0.1) is 6.92 Å². The third kappa shape index (κ3) is 1.93. The minimum Gasteiger partial charge on any atom is -0.360 e. The molecule has 0 aliphatic carbocycles. The largest absolute Gasteiger partial charge is 0.360 e. The molecule has 0 fully saturated rings. The maximum absolute atomic E-state index is 11.5. The molecule has 1 rings (SSSR count). The van der Waals surface area contributed by atoms with Crippen LogP contribution in [0.4, 0.5) is 0 Å². The summed E-state index contributed by atoms with van der Waals surface area (Å²) in [5.41, 5.74) is 3.28. The van der Waals surface area contributed by atoms with E-state index in [1.54, 1.807) is 6.92 Å². The standard InChI is InChI=1S/C9H14N2O3/c1-5(2)8-7(6(3)10-14-8)9(12)11-13-4/h5H,1-4H3,(H,11,12). The number of nitrogens with one attached hydrogen (secondary N) is 1. The number of carbonyl (C=O) groups is 1. The molecule has 0 saturated carbocycles. The number of hydrogen-bond acceptors (Lipinski definition) is 4. The number of hydroxylamine groups is 1. The van der Waals surface area contributed by atoms with E-state index >= 15 is 0 Å². The van der Waals surface area contributed by atoms with E-state index in [2.05, 4.69) is 15.5 Å². The quantitative estimate of drug-likeness (QED) is 0.745. The van der Waals surface area contributed by atoms with Gasteiger partial charge in [0.15, 0.2) is 5.76 Å². The SMILES string of the molecule is CONC(=O)c1c(C)noc1C(C)C. The zero-order valence-corrected chi connectivity index (χ0v) is 8.75. The molecule has 0 saturated heterocycles. The van der Waals surface area contributed by atoms with Gasteiger partial charge in [0.1, 0.15) is 5.56 Å². The third-order valence-corrected chi connectivity index (χ3v) is 1.84. The van der Waals surface area contributed by atoms with Crippen LogP contribution in [0.5, 0.6) is 0 Å². The van der Waals surface area contributed by atoms with E-state index in [0.717, 1.165) is 0 Å². The van der Waals surface area contributed by atoms with Crippen molar-refractivity contribution in [2.75, 3.05) is 7.11 Å². The smallest absolute Gasteiger partial charge is 0.280 e. The van der Waals surface area contributed by atoms with Gasteiger partial charge in [0.2, 0.25) is 0 Å². The molecule has 0 aliphatic heterocycles. The van der Waals surface area contributed by atoms with Crippen molar-refractivity contribution < 1.29 is 14.2 Å². The van der Waals surface area contributed by atoms with Crippen molar-refractivity contribution in [3.05, 3.63) is 17.0 Å². The summed E-state index contributed by atoms with van der Waals surface area (Å²) in [6.07, 6.45) is 0. The highest BCUT2D eigenvalue weighted by atomic mass is 16.6. The molecule has 78 valence electrons. The summed E-state index contributed by atoms with van der Waals surface area (Å²) in [7, 11) is 1.38. The molecule has 14 heavy (non-hydrogen) atoms. The Morgan fingerprint density at radius 2 is 2.21 bits per heavy atom. The first-order valence-electron chi connectivity index (χ1n) is 4.37. The summed E-state index contributed by atoms with van der Waals surface area (Å²) in [5.74, 6) is 0.376. The third-order valence-electron chi connectivity index (χ3n) is 1.84. The average Bonchev–Trinajstić information content (AvgIpc) is 2.47. The molecule has 1 amide bonds. The molecule has 0 unspecified atom stereocenters. The summed E-state index contributed by atoms with van der Waals surface area (Å²) in [5, 5.41) is 3.75. The summed E-state index contributed by atoms with van der Waals surface area (Å²) < 4.78 is 5.06. The molecule has 1 N–H and O–H groups in total. The van der Waals surface area contributed by atoms with Gasteiger partial charge in [0.05, 0.1) is 12.8 Å². The van der Waals surface area contributed by atoms with Gasteiger partial charge in [0.25, 0.3) is 5.91 Å². The van der Waals surface area contributed by atoms with Crippen LogP contribution in [0.25, 0.3) is 0 Å². The Bertz CT molecular complexity index is 331. The van der Waals surface area contributed by atoms with Gasteiger partial charge in [-0.05, 0) is 6.92 Å². The van der Waals surface area contributed by atoms with E-state index in [1.165, 1.54) is 7.11 Å². The molecule has 0 atom stereocenters. The van der Waals surface area contributed by atoms with Crippen LogP contribution in [-0.4, -0.2) is 18.2 Å². The van der Waals surface area contributed by atoms with Crippen molar-refractivity contribution in [1.82, 2.24) is 10.6 Å². The Hall–Kier alpha value is -1.36. The van der Waals surface area contributed by atoms with E-state index in [0.29, 0.717) is 17.0 Å². The molecular weight excluding hydrogens is 184 g/mol. The fraction of sp³-hybridized carbons (Fsp3) is 0.556. The number of carbonyl (C=O) groups excluding carboxylic acids is 1. The Balaban J connectivity index is 3.04. The second-order valence-corrected chi connectivity index (χ2v) is 3.30. The van der Waals surface area contributed by atoms with Crippen molar-refractivity contribution >= 4 is 5.91 Å². The van der Waals surface area contributed by atoms with E-state index < -0.39 is 0 Å². The van der Waals surface area contributed by atoms with E-state index in [9.17, 15) is 4.79 Å². The van der Waals surface area contributed by atoms with Gasteiger partial charge in [-0.1, -0.05) is 19.0 Å². The lowest BCUT2D eigenvalue weighted by atomic mass is 10.1. The summed E-state index contributed by atoms with van der Waals surface area (Å²) in [4.78, 5) is 16.1. The number of amides is 1. The summed E-state index contributed by atoms with van der Waals surface area (Å²) >= 11 is 0. The highest BCUT2D eigenvalue weighted by Gasteiger charge is 2.22. The number of aromatic nitrogens is 1. The van der Waals surface area contributed by atoms with Gasteiger partial charge >= 0.3 is 0 Å². The minimum atomic E-state index is -0.324. The second kappa shape index (κ2) is 4.23. The molecule has 1 heterocycles. The number of rotatable bonds is 3. The molecule has 0 spiro atoms. The van der Waals surface area contributed by atoms with Crippen molar-refractivity contribution in [3.8, 4) is 0 Å². The first kappa shape index (κ1) is 10.7. The van der Waals surface area contributed by atoms with Gasteiger partial charge in [-0.2, -0.15) is 0 Å². The van der Waals surface area contributed by atoms with Gasteiger partial charge in [-0.3, -0.25) is 9.63 Å². The molecular formula is C9H14N2O3. The fourth-order valence-electron chi connectivity index (χ4n) is 1.20. The van der Waals surface area contributed by atoms with Crippen LogP contribution in [0.2, 0.25) is 0 Å². The predicted octanol–water partition coefficient (Wildman–Crippen LogP) is 1.40. The number of hydrogen-bond donors (Lipinski definition) is 1. The van der Waals surface area contributed by atoms with Crippen molar-refractivity contribution in [1.29, 1.82) is 0 Å². The Kier molecular flexibility index (Phi) is 3.24. The molecule has 0 aliphatic rings. The van der Waals surface area contributed by atoms with E-state index in [4.69, 9.17) is 4.52 Å². The van der Waals surface area contributed by atoms with Gasteiger partial charge in [-0.15, -0.1) is 0 Å². The molecule has 0 radical (unpaired) electrons. The van der Waals surface area contributed by atoms with E-state index in [-0.39, 0.29) is 11.8 Å². The normalized spacial score (nSPS) is 10.6. The van der Waals surface area contributed by atoms with Crippen molar-refractivity contribution in [2.24, 2.45) is 0 Å². The fourth-order valence-corrected chi connectivity index (χ4v) is 1.20. The molecule has 0 aromatic carbocycles. The minimum absolute atomic E-state index is 0.119. The molecule has 5 nitrogen and oxygen atoms in total. The summed E-state index contributed by atoms with van der Waals surface area (Å²) in [6, 6.07) is 0. The van der Waals surface area contributed by atoms with Crippen LogP contribution >= 0.6 is 0 Å². The monoisotopic (exact) mass is 198 g/mol. The number of aryl methyl sites for hydroxylation is 1. The lowest BCUT2D eigenvalue weighted by molar-refractivity contribution is 0.0534. The van der Waals surface area contributed by atoms with Crippen LogP contribution in [-0.2, 0) is 4.84 Å². The Labute approximate surface area is 82.4 Å². The lowest BCUT2D eigenvalue weighted by Gasteiger charge is -2.04. The zero-order chi connectivity index (χ0) is 10.7. The van der Waals surface area contributed by atoms with Crippen molar-refractivity contribution in [3.63, 3.8) is 0 Å². The molecule has 0 bridgehead atoms. The maximum Gasteiger partial charge on any atom is 0.280 e. The summed E-state index contributed by atoms with van der Waals surface area (Å²) in [6.45, 7) is 5.59.